The third-order valence-electron chi connectivity index (χ3n) is 23.9. The van der Waals surface area contributed by atoms with Gasteiger partial charge in [-0.1, -0.05) is 347 Å². The summed E-state index contributed by atoms with van der Waals surface area (Å²) in [6.45, 7) is 5.61. The highest BCUT2D eigenvalue weighted by Gasteiger charge is 2.60. The Balaban J connectivity index is 1.90. The Morgan fingerprint density at radius 2 is 0.620 bits per heavy atom. The lowest BCUT2D eigenvalue weighted by atomic mass is 9.84. The molecule has 3 rings (SSSR count). The zero-order valence-electron chi connectivity index (χ0n) is 75.8. The fourth-order valence-corrected chi connectivity index (χ4v) is 17.1. The van der Waals surface area contributed by atoms with Gasteiger partial charge >= 0.3 is 31.7 Å². The number of phosphoric ester groups is 1. The molecule has 0 radical (unpaired) electrons. The minimum atomic E-state index is -5.81. The number of carbonyl (C=O) groups is 4. The van der Waals surface area contributed by atoms with E-state index in [1.165, 1.54) is 180 Å². The van der Waals surface area contributed by atoms with Gasteiger partial charge < -0.3 is 88.7 Å². The Labute approximate surface area is 730 Å². The highest BCUT2D eigenvalue weighted by Crippen LogP contribution is 2.49. The first-order valence-corrected chi connectivity index (χ1v) is 50.6. The number of hydrogen-bond acceptors (Lipinski definition) is 24. The maximum absolute atomic E-state index is 14.9. The van der Waals surface area contributed by atoms with E-state index in [-0.39, 0.29) is 25.7 Å². The number of aliphatic hydroxyl groups is 9. The summed E-state index contributed by atoms with van der Waals surface area (Å²) in [5.74, 6) is -2.96. The third-order valence-corrected chi connectivity index (χ3v) is 24.9. The van der Waals surface area contributed by atoms with E-state index in [1.807, 2.05) is 0 Å². The summed E-state index contributed by atoms with van der Waals surface area (Å²) >= 11 is 0. The monoisotopic (exact) mass is 1750 g/mol. The van der Waals surface area contributed by atoms with Crippen molar-refractivity contribution in [2.45, 2.75) is 530 Å². The fourth-order valence-electron chi connectivity index (χ4n) is 16.1. The molecule has 2 saturated heterocycles. The Morgan fingerprint density at radius 1 is 0.322 bits per heavy atom. The summed E-state index contributed by atoms with van der Waals surface area (Å²) in [5.41, 5.74) is 0. The Morgan fingerprint density at radius 3 is 0.992 bits per heavy atom. The van der Waals surface area contributed by atoms with Crippen molar-refractivity contribution in [1.29, 1.82) is 0 Å². The van der Waals surface area contributed by atoms with Gasteiger partial charge in [-0.15, -0.1) is 0 Å². The first kappa shape index (κ1) is 112. The second-order valence-corrected chi connectivity index (χ2v) is 36.3. The maximum Gasteiger partial charge on any atom is 0.472 e. The highest BCUT2D eigenvalue weighted by atomic mass is 31.2. The van der Waals surface area contributed by atoms with Crippen LogP contribution in [0.15, 0.2) is 24.3 Å². The van der Waals surface area contributed by atoms with Crippen LogP contribution in [-0.4, -0.2) is 205 Å². The highest BCUT2D eigenvalue weighted by molar-refractivity contribution is 7.47. The van der Waals surface area contributed by atoms with Crippen LogP contribution in [0.2, 0.25) is 0 Å². The standard InChI is InChI=1S/C95H175O25P/c1-5-9-13-17-21-25-29-33-37-41-44-47-51-55-59-63-67-78(97)111-72-75(114-80(99)69-65-61-57-53-49-46-42-38-34-30-26-22-18-14-10-6-2)73-113-121(109,110)120-93-91(118-94-88(107)84(103)82(101)76(71-96)115-94)87(106)86(105)90(117-81(100)70-66-62-58-54-50-45-40-36-32-28-24-20-16-12-8-4)92(93)119-95-89(108)85(104)83(102)77(116-95)74-112-79(98)68-64-60-56-52-48-43-39-35-31-27-23-19-15-11-7-3/h27-28,31-32,75-77,82-96,101-108H,5-26,29-30,33-74H2,1-4H3,(H,109,110)/b31-27-,32-28-. The third kappa shape index (κ3) is 53.5. The maximum atomic E-state index is 14.9. The minimum Gasteiger partial charge on any atom is -0.463 e. The van der Waals surface area contributed by atoms with Gasteiger partial charge in [-0.3, -0.25) is 28.2 Å². The van der Waals surface area contributed by atoms with Crippen LogP contribution < -0.4 is 0 Å². The lowest BCUT2D eigenvalue weighted by molar-refractivity contribution is -0.360. The van der Waals surface area contributed by atoms with Crippen molar-refractivity contribution in [2.24, 2.45) is 0 Å². The van der Waals surface area contributed by atoms with Crippen molar-refractivity contribution in [1.82, 2.24) is 0 Å². The molecule has 0 aromatic rings. The molecular weight excluding hydrogens is 1570 g/mol. The zero-order chi connectivity index (χ0) is 88.2. The average molecular weight is 1750 g/mol. The van der Waals surface area contributed by atoms with Gasteiger partial charge in [0.15, 0.2) is 24.8 Å². The van der Waals surface area contributed by atoms with E-state index in [0.29, 0.717) is 32.1 Å². The molecule has 2 aliphatic heterocycles. The molecule has 0 aromatic carbocycles. The molecule has 26 heteroatoms. The van der Waals surface area contributed by atoms with Crippen molar-refractivity contribution >= 4 is 31.7 Å². The predicted molar refractivity (Wildman–Crippen MR) is 472 cm³/mol. The number of allylic oxidation sites excluding steroid dienone is 4. The summed E-state index contributed by atoms with van der Waals surface area (Å²) in [6.07, 6.45) is 35.7. The molecule has 0 bridgehead atoms. The van der Waals surface area contributed by atoms with Crippen LogP contribution in [0, 0.1) is 0 Å². The van der Waals surface area contributed by atoms with Crippen LogP contribution in [0.4, 0.5) is 0 Å². The second-order valence-electron chi connectivity index (χ2n) is 34.9. The molecule has 10 N–H and O–H groups in total. The topological polar surface area (TPSA) is 380 Å². The van der Waals surface area contributed by atoms with Crippen molar-refractivity contribution in [3.8, 4) is 0 Å². The number of unbranched alkanes of at least 4 members (excludes halogenated alkanes) is 52. The quantitative estimate of drug-likeness (QED) is 0.00889. The zero-order valence-corrected chi connectivity index (χ0v) is 76.7. The van der Waals surface area contributed by atoms with E-state index in [9.17, 15) is 74.6 Å². The first-order chi connectivity index (χ1) is 58.7. The second kappa shape index (κ2) is 73.8. The van der Waals surface area contributed by atoms with Gasteiger partial charge in [0.25, 0.3) is 0 Å². The van der Waals surface area contributed by atoms with Crippen LogP contribution in [0.25, 0.3) is 0 Å². The number of carbonyl (C=O) groups excluding carboxylic acids is 4. The van der Waals surface area contributed by atoms with E-state index < -0.39 is 162 Å². The summed E-state index contributed by atoms with van der Waals surface area (Å²) in [5, 5.41) is 102. The molecule has 3 fully saturated rings. The van der Waals surface area contributed by atoms with Crippen LogP contribution in [0.1, 0.15) is 426 Å². The van der Waals surface area contributed by atoms with Crippen LogP contribution in [0.5, 0.6) is 0 Å². The molecule has 710 valence electrons. The largest absolute Gasteiger partial charge is 0.472 e. The Hall–Kier alpha value is -3.05. The summed E-state index contributed by atoms with van der Waals surface area (Å²) in [6, 6.07) is 0. The number of esters is 4. The van der Waals surface area contributed by atoms with Crippen molar-refractivity contribution in [2.75, 3.05) is 26.4 Å². The van der Waals surface area contributed by atoms with E-state index in [0.717, 1.165) is 161 Å². The molecular formula is C95H175O25P. The molecule has 25 nitrogen and oxygen atoms in total. The lowest BCUT2D eigenvalue weighted by Crippen LogP contribution is -2.70. The average Bonchev–Trinajstić information content (AvgIpc) is 0.753. The molecule has 1 aliphatic carbocycles. The van der Waals surface area contributed by atoms with E-state index in [1.54, 1.807) is 0 Å². The summed E-state index contributed by atoms with van der Waals surface area (Å²) < 4.78 is 73.6. The van der Waals surface area contributed by atoms with Gasteiger partial charge in [0, 0.05) is 25.7 Å². The van der Waals surface area contributed by atoms with Crippen LogP contribution in [0.3, 0.4) is 0 Å². The van der Waals surface area contributed by atoms with Crippen molar-refractivity contribution in [3.63, 3.8) is 0 Å². The molecule has 0 spiro atoms. The van der Waals surface area contributed by atoms with Gasteiger partial charge in [-0.05, 0) is 77.0 Å². The minimum absolute atomic E-state index is 0.00931. The molecule has 2 heterocycles. The van der Waals surface area contributed by atoms with Gasteiger partial charge in [-0.25, -0.2) is 4.57 Å². The lowest BCUT2D eigenvalue weighted by Gasteiger charge is -2.50. The van der Waals surface area contributed by atoms with Gasteiger partial charge in [0.05, 0.1) is 13.2 Å². The van der Waals surface area contributed by atoms with E-state index in [4.69, 9.17) is 46.9 Å². The Bertz CT molecular complexity index is 2600. The molecule has 18 unspecified atom stereocenters. The van der Waals surface area contributed by atoms with Crippen molar-refractivity contribution < 1.29 is 122 Å². The van der Waals surface area contributed by atoms with E-state index in [2.05, 4.69) is 52.0 Å². The predicted octanol–water partition coefficient (Wildman–Crippen LogP) is 18.9. The summed E-state index contributed by atoms with van der Waals surface area (Å²) in [4.78, 5) is 66.6. The summed E-state index contributed by atoms with van der Waals surface area (Å²) in [7, 11) is -5.81. The van der Waals surface area contributed by atoms with E-state index >= 15 is 0 Å². The number of hydrogen-bond donors (Lipinski definition) is 10. The number of rotatable bonds is 80. The molecule has 0 aromatic heterocycles. The molecule has 3 aliphatic rings. The molecule has 121 heavy (non-hydrogen) atoms. The van der Waals surface area contributed by atoms with Crippen LogP contribution >= 0.6 is 7.82 Å². The smallest absolute Gasteiger partial charge is 0.463 e. The SMILES string of the molecule is CCCCCC/C=C\CCCCCCCCCC(=O)OCC1OC(OC2C(OC(=O)CCCCCCCCC/C=C\CCCCCC)C(O)C(O)C(OC3OC(CO)C(O)C(O)C3O)C2OP(=O)(O)OCC(COC(=O)CCCCCCCCCCCCCCCCCC)OC(=O)CCCCCCCCCCCCCCCCCC)C(O)C(O)C1O. The molecule has 0 amide bonds. The van der Waals surface area contributed by atoms with Gasteiger partial charge in [0.2, 0.25) is 0 Å². The normalized spacial score (nSPS) is 24.7. The first-order valence-electron chi connectivity index (χ1n) is 49.1. The Kier molecular flexibility index (Phi) is 68.4. The number of phosphoric acid groups is 1. The number of aliphatic hydroxyl groups excluding tert-OH is 9. The fraction of sp³-hybridized carbons (Fsp3) is 0.916. The van der Waals surface area contributed by atoms with Gasteiger partial charge in [0.1, 0.15) is 92.6 Å². The van der Waals surface area contributed by atoms with Gasteiger partial charge in [-0.2, -0.15) is 0 Å². The number of ether oxygens (including phenoxy) is 8. The van der Waals surface area contributed by atoms with Crippen molar-refractivity contribution in [3.05, 3.63) is 24.3 Å². The molecule has 18 atom stereocenters. The van der Waals surface area contributed by atoms with Crippen LogP contribution in [-0.2, 0) is 70.7 Å². The molecule has 1 saturated carbocycles.